The van der Waals surface area contributed by atoms with Gasteiger partial charge in [0.25, 0.3) is 0 Å². The molecule has 0 bridgehead atoms. The highest BCUT2D eigenvalue weighted by Gasteiger charge is 2.22. The zero-order valence-electron chi connectivity index (χ0n) is 15.1. The van der Waals surface area contributed by atoms with Crippen LogP contribution in [0.5, 0.6) is 5.75 Å². The zero-order chi connectivity index (χ0) is 18.8. The first-order chi connectivity index (χ1) is 13.1. The highest BCUT2D eigenvalue weighted by molar-refractivity contribution is 9.11. The smallest absolute Gasteiger partial charge is 0.131 e. The molecule has 4 rings (SSSR count). The van der Waals surface area contributed by atoms with Crippen LogP contribution in [0.15, 0.2) is 71.2 Å². The third-order valence-corrected chi connectivity index (χ3v) is 5.67. The summed E-state index contributed by atoms with van der Waals surface area (Å²) in [6.07, 6.45) is 1.77. The number of fused-ring (bicyclic) bond motifs is 1. The number of allylic oxidation sites excluding steroid dienone is 1. The minimum atomic E-state index is -0.181. The zero-order valence-corrected chi connectivity index (χ0v) is 16.7. The molecule has 136 valence electrons. The van der Waals surface area contributed by atoms with Gasteiger partial charge in [0.15, 0.2) is 0 Å². The van der Waals surface area contributed by atoms with E-state index < -0.39 is 0 Å². The van der Waals surface area contributed by atoms with E-state index in [9.17, 15) is 4.39 Å². The van der Waals surface area contributed by atoms with E-state index in [0.29, 0.717) is 12.2 Å². The van der Waals surface area contributed by atoms with Crippen molar-refractivity contribution in [3.8, 4) is 5.75 Å². The molecule has 1 aliphatic rings. The Morgan fingerprint density at radius 3 is 2.48 bits per heavy atom. The summed E-state index contributed by atoms with van der Waals surface area (Å²) >= 11 is 3.68. The first-order valence-corrected chi connectivity index (χ1v) is 9.86. The molecule has 3 aromatic carbocycles. The Kier molecular flexibility index (Phi) is 5.13. The van der Waals surface area contributed by atoms with Gasteiger partial charge in [-0.25, -0.2) is 4.39 Å². The second kappa shape index (κ2) is 7.69. The van der Waals surface area contributed by atoms with Crippen LogP contribution in [0.25, 0.3) is 5.57 Å². The highest BCUT2D eigenvalue weighted by atomic mass is 79.9. The van der Waals surface area contributed by atoms with Crippen molar-refractivity contribution in [2.24, 2.45) is 0 Å². The molecule has 1 aliphatic carbocycles. The average molecular weight is 423 g/mol. The summed E-state index contributed by atoms with van der Waals surface area (Å²) in [7, 11) is 0. The minimum Gasteiger partial charge on any atom is -0.489 e. The van der Waals surface area contributed by atoms with E-state index in [1.807, 2.05) is 49.4 Å². The first kappa shape index (κ1) is 18.0. The Morgan fingerprint density at radius 2 is 1.70 bits per heavy atom. The second-order valence-electron chi connectivity index (χ2n) is 6.86. The molecule has 0 unspecified atom stereocenters. The summed E-state index contributed by atoms with van der Waals surface area (Å²) < 4.78 is 21.6. The van der Waals surface area contributed by atoms with Crippen LogP contribution < -0.4 is 4.74 Å². The van der Waals surface area contributed by atoms with Crippen molar-refractivity contribution >= 4 is 21.5 Å². The molecule has 0 aromatic heterocycles. The molecule has 0 aliphatic heterocycles. The summed E-state index contributed by atoms with van der Waals surface area (Å²) in [5, 5.41) is 0. The second-order valence-corrected chi connectivity index (χ2v) is 7.81. The van der Waals surface area contributed by atoms with Crippen molar-refractivity contribution in [3.63, 3.8) is 0 Å². The van der Waals surface area contributed by atoms with Crippen LogP contribution in [0.1, 0.15) is 34.2 Å². The third kappa shape index (κ3) is 3.84. The van der Waals surface area contributed by atoms with Crippen molar-refractivity contribution in [1.29, 1.82) is 0 Å². The van der Waals surface area contributed by atoms with Crippen molar-refractivity contribution in [3.05, 3.63) is 105 Å². The molecule has 1 nitrogen and oxygen atoms in total. The van der Waals surface area contributed by atoms with Gasteiger partial charge < -0.3 is 4.74 Å². The molecule has 0 saturated carbocycles. The van der Waals surface area contributed by atoms with Crippen LogP contribution in [0.3, 0.4) is 0 Å². The Balaban J connectivity index is 1.64. The number of benzene rings is 3. The number of halogens is 2. The normalized spacial score (nSPS) is 13.4. The van der Waals surface area contributed by atoms with Crippen LogP contribution in [0, 0.1) is 12.7 Å². The standard InChI is InChI=1S/C24H20BrFO/c1-16-7-10-21(23(26)13-16)24-20-11-9-19(14-18(20)8-12-22(24)25)27-15-17-5-3-2-4-6-17/h2-7,9-11,13-14H,8,12,15H2,1H3. The SMILES string of the molecule is Cc1ccc(C2=C(Br)CCc3cc(OCc4ccccc4)ccc32)c(F)c1. The molecular weight excluding hydrogens is 403 g/mol. The molecule has 0 atom stereocenters. The molecular formula is C24H20BrFO. The fourth-order valence-electron chi connectivity index (χ4n) is 3.48. The van der Waals surface area contributed by atoms with Gasteiger partial charge in [-0.2, -0.15) is 0 Å². The van der Waals surface area contributed by atoms with Crippen LogP contribution >= 0.6 is 15.9 Å². The van der Waals surface area contributed by atoms with E-state index in [1.54, 1.807) is 6.07 Å². The van der Waals surface area contributed by atoms with E-state index in [2.05, 4.69) is 34.1 Å². The molecule has 0 saturated heterocycles. The quantitative estimate of drug-likeness (QED) is 0.448. The van der Waals surface area contributed by atoms with Gasteiger partial charge in [0, 0.05) is 15.6 Å². The summed E-state index contributed by atoms with van der Waals surface area (Å²) in [6.45, 7) is 2.44. The Morgan fingerprint density at radius 1 is 0.926 bits per heavy atom. The van der Waals surface area contributed by atoms with Crippen LogP contribution in [0.2, 0.25) is 0 Å². The maximum Gasteiger partial charge on any atom is 0.131 e. The van der Waals surface area contributed by atoms with Crippen molar-refractivity contribution in [2.45, 2.75) is 26.4 Å². The first-order valence-electron chi connectivity index (χ1n) is 9.07. The van der Waals surface area contributed by atoms with Crippen molar-refractivity contribution in [1.82, 2.24) is 0 Å². The van der Waals surface area contributed by atoms with Crippen molar-refractivity contribution < 1.29 is 9.13 Å². The van der Waals surface area contributed by atoms with E-state index in [-0.39, 0.29) is 5.82 Å². The van der Waals surface area contributed by atoms with Gasteiger partial charge in [0.2, 0.25) is 0 Å². The van der Waals surface area contributed by atoms with Crippen LogP contribution in [-0.4, -0.2) is 0 Å². The highest BCUT2D eigenvalue weighted by Crippen LogP contribution is 2.40. The van der Waals surface area contributed by atoms with Gasteiger partial charge in [-0.05, 0) is 60.2 Å². The van der Waals surface area contributed by atoms with Gasteiger partial charge in [-0.3, -0.25) is 0 Å². The molecule has 3 heteroatoms. The Labute approximate surface area is 167 Å². The molecule has 27 heavy (non-hydrogen) atoms. The lowest BCUT2D eigenvalue weighted by molar-refractivity contribution is 0.306. The predicted octanol–water partition coefficient (Wildman–Crippen LogP) is 6.81. The average Bonchev–Trinajstić information content (AvgIpc) is 2.68. The summed E-state index contributed by atoms with van der Waals surface area (Å²) in [4.78, 5) is 0. The number of hydrogen-bond donors (Lipinski definition) is 0. The lowest BCUT2D eigenvalue weighted by Crippen LogP contribution is -2.06. The largest absolute Gasteiger partial charge is 0.489 e. The molecule has 0 amide bonds. The molecule has 0 heterocycles. The lowest BCUT2D eigenvalue weighted by atomic mass is 9.86. The topological polar surface area (TPSA) is 9.23 Å². The number of rotatable bonds is 4. The third-order valence-electron chi connectivity index (χ3n) is 4.87. The molecule has 0 spiro atoms. The summed E-state index contributed by atoms with van der Waals surface area (Å²) in [5.41, 5.74) is 5.92. The van der Waals surface area contributed by atoms with Crippen molar-refractivity contribution in [2.75, 3.05) is 0 Å². The molecule has 0 N–H and O–H groups in total. The Bertz CT molecular complexity index is 1010. The molecule has 0 radical (unpaired) electrons. The maximum atomic E-state index is 14.6. The van der Waals surface area contributed by atoms with Crippen LogP contribution in [0.4, 0.5) is 4.39 Å². The number of ether oxygens (including phenoxy) is 1. The van der Waals surface area contributed by atoms with Gasteiger partial charge in [0.05, 0.1) is 0 Å². The van der Waals surface area contributed by atoms with Gasteiger partial charge in [0.1, 0.15) is 18.2 Å². The molecule has 0 fully saturated rings. The lowest BCUT2D eigenvalue weighted by Gasteiger charge is -2.22. The summed E-state index contributed by atoms with van der Waals surface area (Å²) in [5.74, 6) is 0.665. The van der Waals surface area contributed by atoms with Gasteiger partial charge in [-0.15, -0.1) is 0 Å². The van der Waals surface area contributed by atoms with E-state index in [4.69, 9.17) is 4.74 Å². The van der Waals surface area contributed by atoms with Crippen LogP contribution in [-0.2, 0) is 13.0 Å². The van der Waals surface area contributed by atoms with Gasteiger partial charge >= 0.3 is 0 Å². The fourth-order valence-corrected chi connectivity index (χ4v) is 4.11. The molecule has 3 aromatic rings. The maximum absolute atomic E-state index is 14.6. The van der Waals surface area contributed by atoms with E-state index in [0.717, 1.165) is 45.3 Å². The van der Waals surface area contributed by atoms with E-state index >= 15 is 0 Å². The fraction of sp³-hybridized carbons (Fsp3) is 0.167. The van der Waals surface area contributed by atoms with Gasteiger partial charge in [-0.1, -0.05) is 64.5 Å². The predicted molar refractivity (Wildman–Crippen MR) is 112 cm³/mol. The Hall–Kier alpha value is -2.39. The number of hydrogen-bond acceptors (Lipinski definition) is 1. The summed E-state index contributed by atoms with van der Waals surface area (Å²) in [6, 6.07) is 21.6. The number of aryl methyl sites for hydroxylation is 2. The van der Waals surface area contributed by atoms with E-state index in [1.165, 1.54) is 5.56 Å². The minimum absolute atomic E-state index is 0.181. The monoisotopic (exact) mass is 422 g/mol.